The lowest BCUT2D eigenvalue weighted by molar-refractivity contribution is 0.133. The topological polar surface area (TPSA) is 55.4 Å². The van der Waals surface area contributed by atoms with Gasteiger partial charge in [0, 0.05) is 28.7 Å². The van der Waals surface area contributed by atoms with Crippen LogP contribution < -0.4 is 4.72 Å². The highest BCUT2D eigenvalue weighted by Gasteiger charge is 2.16. The minimum atomic E-state index is -3.47. The van der Waals surface area contributed by atoms with Crippen LogP contribution in [0.5, 0.6) is 0 Å². The summed E-state index contributed by atoms with van der Waals surface area (Å²) in [6.07, 6.45) is 1.63. The molecule has 0 bridgehead atoms. The lowest BCUT2D eigenvalue weighted by atomic mass is 10.4. The molecule has 0 aliphatic carbocycles. The highest BCUT2D eigenvalue weighted by molar-refractivity contribution is 9.11. The summed E-state index contributed by atoms with van der Waals surface area (Å²) < 4.78 is 33.3. The van der Waals surface area contributed by atoms with E-state index in [-0.39, 0.29) is 4.90 Å². The number of benzene rings is 1. The summed E-state index contributed by atoms with van der Waals surface area (Å²) in [5.74, 6) is 0. The van der Waals surface area contributed by atoms with Gasteiger partial charge in [0.1, 0.15) is 0 Å². The van der Waals surface area contributed by atoms with Crippen LogP contribution in [-0.2, 0) is 14.8 Å². The van der Waals surface area contributed by atoms with E-state index in [0.29, 0.717) is 30.7 Å². The summed E-state index contributed by atoms with van der Waals surface area (Å²) in [6.45, 7) is 3.69. The van der Waals surface area contributed by atoms with E-state index in [4.69, 9.17) is 4.74 Å². The molecule has 0 aromatic heterocycles. The molecule has 0 radical (unpaired) electrons. The fourth-order valence-corrected chi connectivity index (χ4v) is 4.22. The largest absolute Gasteiger partial charge is 0.381 e. The second kappa shape index (κ2) is 8.36. The fraction of sp³-hybridized carbons (Fsp3) is 0.500. The van der Waals surface area contributed by atoms with Gasteiger partial charge in [-0.15, -0.1) is 0 Å². The monoisotopic (exact) mass is 413 g/mol. The highest BCUT2D eigenvalue weighted by Crippen LogP contribution is 2.25. The first-order valence-corrected chi connectivity index (χ1v) is 9.06. The second-order valence-electron chi connectivity index (χ2n) is 3.94. The average molecular weight is 415 g/mol. The van der Waals surface area contributed by atoms with Gasteiger partial charge in [-0.25, -0.2) is 13.1 Å². The molecule has 0 aliphatic heterocycles. The fourth-order valence-electron chi connectivity index (χ4n) is 1.40. The van der Waals surface area contributed by atoms with Crippen molar-refractivity contribution in [3.05, 3.63) is 27.1 Å². The molecule has 7 heteroatoms. The minimum Gasteiger partial charge on any atom is -0.381 e. The number of hydrogen-bond donors (Lipinski definition) is 1. The highest BCUT2D eigenvalue weighted by atomic mass is 79.9. The lowest BCUT2D eigenvalue weighted by Crippen LogP contribution is -2.26. The first-order chi connectivity index (χ1) is 8.97. The van der Waals surface area contributed by atoms with E-state index < -0.39 is 10.0 Å². The molecule has 0 spiro atoms. The average Bonchev–Trinajstić information content (AvgIpc) is 2.33. The van der Waals surface area contributed by atoms with Gasteiger partial charge in [0.05, 0.1) is 4.90 Å². The van der Waals surface area contributed by atoms with Crippen LogP contribution in [0.1, 0.15) is 19.8 Å². The van der Waals surface area contributed by atoms with E-state index in [2.05, 4.69) is 36.6 Å². The molecular weight excluding hydrogens is 398 g/mol. The SMILES string of the molecule is CCCOCCCNS(=O)(=O)c1ccc(Br)cc1Br. The van der Waals surface area contributed by atoms with Gasteiger partial charge in [0.2, 0.25) is 10.0 Å². The van der Waals surface area contributed by atoms with Gasteiger partial charge in [-0.2, -0.15) is 0 Å². The van der Waals surface area contributed by atoms with Gasteiger partial charge >= 0.3 is 0 Å². The molecule has 1 N–H and O–H groups in total. The summed E-state index contributed by atoms with van der Waals surface area (Å²) in [7, 11) is -3.47. The summed E-state index contributed by atoms with van der Waals surface area (Å²) in [5.41, 5.74) is 0. The number of rotatable bonds is 8. The zero-order chi connectivity index (χ0) is 14.3. The normalized spacial score (nSPS) is 11.7. The Hall–Kier alpha value is 0.0500. The van der Waals surface area contributed by atoms with Crippen molar-refractivity contribution in [3.8, 4) is 0 Å². The Kier molecular flexibility index (Phi) is 7.53. The summed E-state index contributed by atoms with van der Waals surface area (Å²) >= 11 is 6.54. The molecule has 1 aromatic carbocycles. The van der Waals surface area contributed by atoms with Gasteiger partial charge in [-0.3, -0.25) is 0 Å². The third kappa shape index (κ3) is 5.91. The van der Waals surface area contributed by atoms with E-state index in [1.807, 2.05) is 6.92 Å². The predicted molar refractivity (Wildman–Crippen MR) is 82.8 cm³/mol. The van der Waals surface area contributed by atoms with Crippen LogP contribution >= 0.6 is 31.9 Å². The number of nitrogens with one attached hydrogen (secondary N) is 1. The van der Waals surface area contributed by atoms with Crippen molar-refractivity contribution in [1.82, 2.24) is 4.72 Å². The van der Waals surface area contributed by atoms with Gasteiger partial charge in [0.15, 0.2) is 0 Å². The van der Waals surface area contributed by atoms with Crippen LogP contribution in [-0.4, -0.2) is 28.2 Å². The summed E-state index contributed by atoms with van der Waals surface area (Å²) in [6, 6.07) is 4.96. The molecule has 108 valence electrons. The maximum Gasteiger partial charge on any atom is 0.241 e. The van der Waals surface area contributed by atoms with Crippen LogP contribution in [0.25, 0.3) is 0 Å². The van der Waals surface area contributed by atoms with Crippen molar-refractivity contribution in [3.63, 3.8) is 0 Å². The maximum absolute atomic E-state index is 12.1. The molecule has 0 saturated carbocycles. The molecule has 19 heavy (non-hydrogen) atoms. The molecule has 0 atom stereocenters. The van der Waals surface area contributed by atoms with Gasteiger partial charge in [-0.1, -0.05) is 22.9 Å². The molecular formula is C12H17Br2NO3S. The van der Waals surface area contributed by atoms with Crippen molar-refractivity contribution in [2.24, 2.45) is 0 Å². The Morgan fingerprint density at radius 3 is 2.63 bits per heavy atom. The van der Waals surface area contributed by atoms with Crippen LogP contribution in [0.4, 0.5) is 0 Å². The molecule has 0 saturated heterocycles. The van der Waals surface area contributed by atoms with Crippen molar-refractivity contribution < 1.29 is 13.2 Å². The Morgan fingerprint density at radius 2 is 2.00 bits per heavy atom. The lowest BCUT2D eigenvalue weighted by Gasteiger charge is -2.09. The molecule has 1 rings (SSSR count). The third-order valence-corrected chi connectivity index (χ3v) is 5.22. The number of ether oxygens (including phenoxy) is 1. The van der Waals surface area contributed by atoms with Gasteiger partial charge < -0.3 is 4.74 Å². The first kappa shape index (κ1) is 17.1. The van der Waals surface area contributed by atoms with Crippen molar-refractivity contribution in [2.75, 3.05) is 19.8 Å². The molecule has 1 aromatic rings. The first-order valence-electron chi connectivity index (χ1n) is 6.00. The summed E-state index contributed by atoms with van der Waals surface area (Å²) in [5, 5.41) is 0. The zero-order valence-corrected chi connectivity index (χ0v) is 14.6. The molecule has 0 amide bonds. The van der Waals surface area contributed by atoms with Crippen LogP contribution in [0.2, 0.25) is 0 Å². The standard InChI is InChI=1S/C12H17Br2NO3S/c1-2-7-18-8-3-6-15-19(16,17)12-5-4-10(13)9-11(12)14/h4-5,9,15H,2-3,6-8H2,1H3. The van der Waals surface area contributed by atoms with E-state index in [9.17, 15) is 8.42 Å². The Morgan fingerprint density at radius 1 is 1.26 bits per heavy atom. The van der Waals surface area contributed by atoms with Crippen LogP contribution in [0.3, 0.4) is 0 Å². The van der Waals surface area contributed by atoms with Gasteiger partial charge in [-0.05, 0) is 47.0 Å². The number of halogens is 2. The van der Waals surface area contributed by atoms with Crippen molar-refractivity contribution in [1.29, 1.82) is 0 Å². The maximum atomic E-state index is 12.1. The Balaban J connectivity index is 2.52. The second-order valence-corrected chi connectivity index (χ2v) is 7.44. The van der Waals surface area contributed by atoms with E-state index in [1.165, 1.54) is 0 Å². The van der Waals surface area contributed by atoms with Crippen LogP contribution in [0, 0.1) is 0 Å². The van der Waals surface area contributed by atoms with Crippen molar-refractivity contribution >= 4 is 41.9 Å². The van der Waals surface area contributed by atoms with E-state index in [1.54, 1.807) is 18.2 Å². The zero-order valence-electron chi connectivity index (χ0n) is 10.7. The van der Waals surface area contributed by atoms with Gasteiger partial charge in [0.25, 0.3) is 0 Å². The minimum absolute atomic E-state index is 0.241. The molecule has 0 heterocycles. The van der Waals surface area contributed by atoms with E-state index in [0.717, 1.165) is 10.9 Å². The van der Waals surface area contributed by atoms with Crippen molar-refractivity contribution in [2.45, 2.75) is 24.7 Å². The molecule has 0 fully saturated rings. The Bertz CT molecular complexity index is 506. The number of hydrogen-bond acceptors (Lipinski definition) is 3. The predicted octanol–water partition coefficient (Wildman–Crippen LogP) is 3.31. The molecule has 0 unspecified atom stereocenters. The quantitative estimate of drug-likeness (QED) is 0.664. The molecule has 4 nitrogen and oxygen atoms in total. The van der Waals surface area contributed by atoms with Crippen LogP contribution in [0.15, 0.2) is 32.0 Å². The molecule has 0 aliphatic rings. The smallest absolute Gasteiger partial charge is 0.241 e. The number of sulfonamides is 1. The van der Waals surface area contributed by atoms with E-state index >= 15 is 0 Å². The Labute approximate surface area is 131 Å². The third-order valence-electron chi connectivity index (χ3n) is 2.29. The summed E-state index contributed by atoms with van der Waals surface area (Å²) in [4.78, 5) is 0.241.